The Bertz CT molecular complexity index is 2450. The minimum Gasteiger partial charge on any atom is -0.478 e. The molecule has 0 amide bonds. The number of rotatable bonds is 5. The largest absolute Gasteiger partial charge is 0.478 e. The summed E-state index contributed by atoms with van der Waals surface area (Å²) in [5, 5.41) is 34.1. The van der Waals surface area contributed by atoms with Gasteiger partial charge in [0.25, 0.3) is 0 Å². The summed E-state index contributed by atoms with van der Waals surface area (Å²) < 4.78 is -1.33. The van der Waals surface area contributed by atoms with Crippen molar-refractivity contribution in [2.75, 3.05) is 0 Å². The van der Waals surface area contributed by atoms with Crippen LogP contribution in [0.2, 0.25) is 0 Å². The Balaban J connectivity index is 1.62. The van der Waals surface area contributed by atoms with Crippen LogP contribution in [-0.2, 0) is 11.4 Å². The SMILES string of the molecule is CC1(C)Sc2c(c(C(c3c4c(c(C(=O)O)c5c3SC(C)(C)S5)SC(C)(C)S4)=c3c4c(c(C(=O)O)c5c3=[S+]C(C)(C)S5)SC(C)(C)S4)c3c(c2C(=O)O)SC(C)(C)S3)S1. The highest BCUT2D eigenvalue weighted by Gasteiger charge is 2.52. The fraction of sp³-hybridized carbons (Fsp3) is 0.450. The van der Waals surface area contributed by atoms with Gasteiger partial charge in [0.15, 0.2) is 0 Å². The first kappa shape index (κ1) is 43.3. The molecule has 6 heterocycles. The van der Waals surface area contributed by atoms with Crippen LogP contribution < -0.4 is 5.22 Å². The summed E-state index contributed by atoms with van der Waals surface area (Å²) in [5.41, 5.74) is 3.98. The Labute approximate surface area is 388 Å². The van der Waals surface area contributed by atoms with Crippen molar-refractivity contribution >= 4 is 164 Å². The molecule has 0 aromatic heterocycles. The molecule has 6 nitrogen and oxygen atoms in total. The van der Waals surface area contributed by atoms with Gasteiger partial charge in [-0.25, -0.2) is 14.4 Å². The summed E-state index contributed by atoms with van der Waals surface area (Å²) in [7, 11) is 0. The van der Waals surface area contributed by atoms with E-state index in [2.05, 4.69) is 83.1 Å². The van der Waals surface area contributed by atoms with E-state index >= 15 is 0 Å². The van der Waals surface area contributed by atoms with Gasteiger partial charge < -0.3 is 15.3 Å². The van der Waals surface area contributed by atoms with Crippen molar-refractivity contribution in [2.24, 2.45) is 0 Å². The van der Waals surface area contributed by atoms with Crippen LogP contribution in [0.25, 0.3) is 5.57 Å². The van der Waals surface area contributed by atoms with Crippen LogP contribution in [0.1, 0.15) is 125 Å². The first-order valence-corrected chi connectivity index (χ1v) is 28.0. The van der Waals surface area contributed by atoms with Crippen LogP contribution in [-0.4, -0.2) is 57.7 Å². The van der Waals surface area contributed by atoms with Gasteiger partial charge in [0, 0.05) is 79.5 Å². The molecule has 3 aromatic carbocycles. The third kappa shape index (κ3) is 6.96. The zero-order valence-electron chi connectivity index (χ0n) is 33.5. The zero-order valence-corrected chi connectivity index (χ0v) is 43.3. The van der Waals surface area contributed by atoms with Crippen LogP contribution in [0, 0.1) is 4.51 Å². The molecule has 0 bridgehead atoms. The Hall–Kier alpha value is 0.0100. The van der Waals surface area contributed by atoms with E-state index in [4.69, 9.17) is 0 Å². The quantitative estimate of drug-likeness (QED) is 0.166. The Morgan fingerprint density at radius 1 is 0.362 bits per heavy atom. The maximum Gasteiger partial charge on any atom is 0.338 e. The molecule has 0 atom stereocenters. The number of carboxylic acid groups (broad SMARTS) is 3. The van der Waals surface area contributed by atoms with E-state index in [0.717, 1.165) is 80.3 Å². The molecular weight excluding hydrogens is 961 g/mol. The van der Waals surface area contributed by atoms with Crippen molar-refractivity contribution in [1.82, 2.24) is 0 Å². The Kier molecular flexibility index (Phi) is 10.3. The monoisotopic (exact) mass is 999 g/mol. The van der Waals surface area contributed by atoms with Crippen LogP contribution >= 0.6 is 129 Å². The predicted molar refractivity (Wildman–Crippen MR) is 257 cm³/mol. The molecule has 6 aliphatic heterocycles. The number of carboxylic acids is 3. The molecule has 3 aromatic rings. The van der Waals surface area contributed by atoms with Crippen LogP contribution in [0.15, 0.2) is 53.9 Å². The third-order valence-electron chi connectivity index (χ3n) is 9.53. The van der Waals surface area contributed by atoms with Crippen molar-refractivity contribution in [3.8, 4) is 0 Å². The van der Waals surface area contributed by atoms with Gasteiger partial charge in [0.05, 0.1) is 47.2 Å². The van der Waals surface area contributed by atoms with Gasteiger partial charge >= 0.3 is 17.9 Å². The molecule has 6 aliphatic rings. The second-order valence-corrected chi connectivity index (χ2v) is 38.3. The Morgan fingerprint density at radius 2 is 0.603 bits per heavy atom. The summed E-state index contributed by atoms with van der Waals surface area (Å²) in [5.74, 6) is -2.83. The summed E-state index contributed by atoms with van der Waals surface area (Å²) in [6, 6.07) is 0. The fourth-order valence-electron chi connectivity index (χ4n) is 7.86. The summed E-state index contributed by atoms with van der Waals surface area (Å²) in [6.07, 6.45) is 0. The number of aromatic carboxylic acids is 3. The summed E-state index contributed by atoms with van der Waals surface area (Å²) in [6.45, 7) is 25.8. The highest BCUT2D eigenvalue weighted by Crippen LogP contribution is 2.71. The number of carbonyl (C=O) groups is 3. The second kappa shape index (κ2) is 13.8. The lowest BCUT2D eigenvalue weighted by molar-refractivity contribution is 0.0677. The van der Waals surface area contributed by atoms with Gasteiger partial charge in [-0.1, -0.05) is 0 Å². The van der Waals surface area contributed by atoms with Crippen molar-refractivity contribution in [3.05, 3.63) is 37.5 Å². The van der Waals surface area contributed by atoms with Crippen molar-refractivity contribution in [1.29, 1.82) is 0 Å². The molecule has 0 aliphatic carbocycles. The summed E-state index contributed by atoms with van der Waals surface area (Å²) in [4.78, 5) is 49.7. The lowest BCUT2D eigenvalue weighted by atomic mass is 9.92. The minimum absolute atomic E-state index is 0.349. The fourth-order valence-corrected chi connectivity index (χ4v) is 25.6. The molecule has 18 heteroatoms. The number of hydrogen-bond donors (Lipinski definition) is 3. The van der Waals surface area contributed by atoms with Gasteiger partial charge in [-0.05, 0) is 81.0 Å². The van der Waals surface area contributed by atoms with Crippen LogP contribution in [0.3, 0.4) is 0 Å². The molecular formula is C40H39O6S12+. The molecule has 9 rings (SSSR count). The molecule has 0 radical (unpaired) electrons. The van der Waals surface area contributed by atoms with Gasteiger partial charge in [-0.2, -0.15) is 0 Å². The van der Waals surface area contributed by atoms with Gasteiger partial charge in [0.2, 0.25) is 19.9 Å². The summed E-state index contributed by atoms with van der Waals surface area (Å²) >= 11 is 19.8. The normalized spacial score (nSPS) is 22.4. The molecule has 0 saturated heterocycles. The van der Waals surface area contributed by atoms with Crippen molar-refractivity contribution < 1.29 is 29.7 Å². The lowest BCUT2D eigenvalue weighted by Crippen LogP contribution is -2.21. The molecule has 0 saturated carbocycles. The smallest absolute Gasteiger partial charge is 0.338 e. The highest BCUT2D eigenvalue weighted by atomic mass is 32.2. The molecule has 58 heavy (non-hydrogen) atoms. The van der Waals surface area contributed by atoms with E-state index < -0.39 is 17.9 Å². The lowest BCUT2D eigenvalue weighted by Gasteiger charge is -2.24. The van der Waals surface area contributed by atoms with E-state index in [1.165, 1.54) is 0 Å². The third-order valence-corrected chi connectivity index (χ3v) is 26.6. The minimum atomic E-state index is -0.942. The molecule has 0 fully saturated rings. The van der Waals surface area contributed by atoms with Crippen LogP contribution in [0.5, 0.6) is 0 Å². The van der Waals surface area contributed by atoms with Crippen LogP contribution in [0.4, 0.5) is 0 Å². The topological polar surface area (TPSA) is 112 Å². The van der Waals surface area contributed by atoms with Gasteiger partial charge in [-0.3, -0.25) is 0 Å². The maximum absolute atomic E-state index is 13.5. The predicted octanol–water partition coefficient (Wildman–Crippen LogP) is 13.9. The Morgan fingerprint density at radius 3 is 0.897 bits per heavy atom. The standard InChI is InChI=1S/C40H38O6S12/c1-35(2)47-20-14(21-27(54-36(3,4)48-21)17(32(41)42)26(20)53-35)13(15-22-28(55-37(5,6)49-22)18(33(43)44)29-23(15)50-38(7,8)56-29)16-24-30(57-39(9,10)51-24)19(34(45)46)31-25(16)52-40(11,12)58-31/h1-12H3,(H2-,41,42,43,44,45,46)/p+1. The van der Waals surface area contributed by atoms with E-state index in [1.807, 2.05) is 0 Å². The van der Waals surface area contributed by atoms with Crippen molar-refractivity contribution in [2.45, 2.75) is 161 Å². The van der Waals surface area contributed by atoms with Gasteiger partial charge in [0.1, 0.15) is 0 Å². The average molecular weight is 1000 g/mol. The average Bonchev–Trinajstić information content (AvgIpc) is 3.84. The van der Waals surface area contributed by atoms with E-state index in [0.29, 0.717) is 16.7 Å². The number of hydrogen-bond acceptors (Lipinski definition) is 14. The number of fused-ring (bicyclic) bond motifs is 6. The highest BCUT2D eigenvalue weighted by molar-refractivity contribution is 8.23. The first-order valence-electron chi connectivity index (χ1n) is 18.2. The molecule has 3 N–H and O–H groups in total. The van der Waals surface area contributed by atoms with Gasteiger partial charge in [-0.15, -0.1) is 118 Å². The second-order valence-electron chi connectivity index (χ2n) is 17.1. The molecule has 0 unspecified atom stereocenters. The van der Waals surface area contributed by atoms with E-state index in [-0.39, 0.29) is 24.5 Å². The number of benzene rings is 3. The molecule has 0 spiro atoms. The van der Waals surface area contributed by atoms with E-state index in [1.54, 1.807) is 141 Å². The van der Waals surface area contributed by atoms with E-state index in [9.17, 15) is 29.7 Å². The maximum atomic E-state index is 13.5. The molecule has 306 valence electrons. The first-order chi connectivity index (χ1) is 26.6. The number of thioether (sulfide) groups is 11. The van der Waals surface area contributed by atoms with Crippen molar-refractivity contribution in [3.63, 3.8) is 0 Å². The zero-order chi connectivity index (χ0) is 42.2.